The minimum absolute atomic E-state index is 0.297. The van der Waals surface area contributed by atoms with Crippen molar-refractivity contribution in [3.05, 3.63) is 29.8 Å². The van der Waals surface area contributed by atoms with E-state index < -0.39 is 0 Å². The Labute approximate surface area is 112 Å². The molecule has 0 atom stereocenters. The molecule has 0 aliphatic carbocycles. The molecule has 102 valence electrons. The van der Waals surface area contributed by atoms with Gasteiger partial charge in [0.2, 0.25) is 5.91 Å². The number of rotatable bonds is 4. The summed E-state index contributed by atoms with van der Waals surface area (Å²) in [6, 6.07) is 5.65. The Morgan fingerprint density at radius 2 is 2.26 bits per heavy atom. The van der Waals surface area contributed by atoms with Gasteiger partial charge in [-0.3, -0.25) is 9.69 Å². The maximum atomic E-state index is 10.9. The third kappa shape index (κ3) is 3.06. The predicted octanol–water partition coefficient (Wildman–Crippen LogP) is 0.852. The monoisotopic (exact) mass is 261 g/mol. The third-order valence-corrected chi connectivity index (χ3v) is 3.27. The van der Waals surface area contributed by atoms with Gasteiger partial charge in [0.15, 0.2) is 0 Å². The zero-order valence-electron chi connectivity index (χ0n) is 11.1. The highest BCUT2D eigenvalue weighted by molar-refractivity contribution is 5.80. The van der Waals surface area contributed by atoms with E-state index in [1.165, 1.54) is 0 Å². The Morgan fingerprint density at radius 1 is 1.47 bits per heavy atom. The fourth-order valence-corrected chi connectivity index (χ4v) is 2.36. The summed E-state index contributed by atoms with van der Waals surface area (Å²) in [4.78, 5) is 12.9. The van der Waals surface area contributed by atoms with Crippen LogP contribution in [0.25, 0.3) is 5.57 Å². The molecule has 5 nitrogen and oxygen atoms in total. The minimum Gasteiger partial charge on any atom is -0.496 e. The second-order valence-electron chi connectivity index (χ2n) is 4.61. The molecular weight excluding hydrogens is 242 g/mol. The molecular formula is C14H19N3O2. The molecule has 0 radical (unpaired) electrons. The summed E-state index contributed by atoms with van der Waals surface area (Å²) in [6.45, 7) is 1.80. The lowest BCUT2D eigenvalue weighted by atomic mass is 9.97. The summed E-state index contributed by atoms with van der Waals surface area (Å²) in [6.07, 6.45) is 2.92. The van der Waals surface area contributed by atoms with Gasteiger partial charge in [0.1, 0.15) is 5.75 Å². The van der Waals surface area contributed by atoms with Gasteiger partial charge in [-0.25, -0.2) is 0 Å². The van der Waals surface area contributed by atoms with E-state index in [9.17, 15) is 4.79 Å². The maximum Gasteiger partial charge on any atom is 0.231 e. The maximum absolute atomic E-state index is 10.9. The molecule has 1 aliphatic rings. The highest BCUT2D eigenvalue weighted by Crippen LogP contribution is 2.34. The number of hydrogen-bond acceptors (Lipinski definition) is 4. The molecule has 19 heavy (non-hydrogen) atoms. The topological polar surface area (TPSA) is 81.6 Å². The third-order valence-electron chi connectivity index (χ3n) is 3.27. The predicted molar refractivity (Wildman–Crippen MR) is 75.6 cm³/mol. The van der Waals surface area contributed by atoms with Crippen molar-refractivity contribution >= 4 is 17.2 Å². The van der Waals surface area contributed by atoms with Crippen LogP contribution in [-0.4, -0.2) is 37.6 Å². The molecule has 0 aromatic heterocycles. The molecule has 1 amide bonds. The molecule has 5 heteroatoms. The van der Waals surface area contributed by atoms with Gasteiger partial charge in [-0.05, 0) is 24.1 Å². The summed E-state index contributed by atoms with van der Waals surface area (Å²) < 4.78 is 5.36. The number of nitrogens with two attached hydrogens (primary N) is 2. The number of nitrogens with zero attached hydrogens (tertiary/aromatic N) is 1. The summed E-state index contributed by atoms with van der Waals surface area (Å²) in [5.74, 6) is 0.489. The molecule has 1 aromatic carbocycles. The first-order valence-corrected chi connectivity index (χ1v) is 6.24. The Morgan fingerprint density at radius 3 is 2.84 bits per heavy atom. The number of nitrogen functional groups attached to an aromatic ring is 1. The van der Waals surface area contributed by atoms with Crippen LogP contribution in [-0.2, 0) is 4.79 Å². The van der Waals surface area contributed by atoms with E-state index in [0.717, 1.165) is 29.9 Å². The fraction of sp³-hybridized carbons (Fsp3) is 0.357. The van der Waals surface area contributed by atoms with Crippen LogP contribution in [0, 0.1) is 0 Å². The van der Waals surface area contributed by atoms with E-state index in [0.29, 0.717) is 18.8 Å². The molecule has 2 rings (SSSR count). The van der Waals surface area contributed by atoms with Crippen molar-refractivity contribution in [3.63, 3.8) is 0 Å². The van der Waals surface area contributed by atoms with Crippen molar-refractivity contribution in [1.82, 2.24) is 4.90 Å². The first-order valence-electron chi connectivity index (χ1n) is 6.24. The minimum atomic E-state index is -0.298. The number of ether oxygens (including phenoxy) is 1. The standard InChI is InChI=1S/C14H19N3O2/c1-19-12-4-2-3-11(15)14(12)10-5-7-17(8-6-10)9-13(16)18/h2-5H,6-9,15H2,1H3,(H2,16,18). The average Bonchev–Trinajstić information content (AvgIpc) is 2.39. The summed E-state index contributed by atoms with van der Waals surface area (Å²) in [5, 5.41) is 0. The van der Waals surface area contributed by atoms with Crippen molar-refractivity contribution in [2.45, 2.75) is 6.42 Å². The smallest absolute Gasteiger partial charge is 0.231 e. The fourth-order valence-electron chi connectivity index (χ4n) is 2.36. The van der Waals surface area contributed by atoms with Crippen LogP contribution in [0.2, 0.25) is 0 Å². The van der Waals surface area contributed by atoms with Crippen LogP contribution >= 0.6 is 0 Å². The molecule has 1 heterocycles. The second-order valence-corrected chi connectivity index (χ2v) is 4.61. The number of carbonyl (C=O) groups is 1. The van der Waals surface area contributed by atoms with Gasteiger partial charge in [0.05, 0.1) is 13.7 Å². The largest absolute Gasteiger partial charge is 0.496 e. The molecule has 0 saturated heterocycles. The Bertz CT molecular complexity index is 511. The molecule has 0 fully saturated rings. The van der Waals surface area contributed by atoms with Gasteiger partial charge in [-0.2, -0.15) is 0 Å². The Balaban J connectivity index is 2.20. The van der Waals surface area contributed by atoms with Gasteiger partial charge in [-0.15, -0.1) is 0 Å². The van der Waals surface area contributed by atoms with Gasteiger partial charge >= 0.3 is 0 Å². The van der Waals surface area contributed by atoms with E-state index in [2.05, 4.69) is 6.08 Å². The molecule has 0 unspecified atom stereocenters. The first kappa shape index (κ1) is 13.4. The zero-order valence-corrected chi connectivity index (χ0v) is 11.1. The number of primary amides is 1. The van der Waals surface area contributed by atoms with Crippen molar-refractivity contribution in [1.29, 1.82) is 0 Å². The Hall–Kier alpha value is -2.01. The van der Waals surface area contributed by atoms with E-state index >= 15 is 0 Å². The molecule has 4 N–H and O–H groups in total. The van der Waals surface area contributed by atoms with Crippen LogP contribution in [0.3, 0.4) is 0 Å². The number of carbonyl (C=O) groups excluding carboxylic acids is 1. The first-order chi connectivity index (χ1) is 9.11. The normalized spacial score (nSPS) is 15.9. The number of benzene rings is 1. The van der Waals surface area contributed by atoms with E-state index in [-0.39, 0.29) is 5.91 Å². The average molecular weight is 261 g/mol. The lowest BCUT2D eigenvalue weighted by Gasteiger charge is -2.26. The van der Waals surface area contributed by atoms with Crippen molar-refractivity contribution < 1.29 is 9.53 Å². The lowest BCUT2D eigenvalue weighted by Crippen LogP contribution is -2.36. The lowest BCUT2D eigenvalue weighted by molar-refractivity contribution is -0.119. The van der Waals surface area contributed by atoms with E-state index in [4.69, 9.17) is 16.2 Å². The van der Waals surface area contributed by atoms with Crippen LogP contribution in [0.1, 0.15) is 12.0 Å². The van der Waals surface area contributed by atoms with Gasteiger partial charge < -0.3 is 16.2 Å². The van der Waals surface area contributed by atoms with Crippen molar-refractivity contribution in [2.75, 3.05) is 32.5 Å². The zero-order chi connectivity index (χ0) is 13.8. The number of methoxy groups -OCH3 is 1. The van der Waals surface area contributed by atoms with Crippen LogP contribution in [0.4, 0.5) is 5.69 Å². The quantitative estimate of drug-likeness (QED) is 0.787. The molecule has 0 spiro atoms. The van der Waals surface area contributed by atoms with Gasteiger partial charge in [0.25, 0.3) is 0 Å². The SMILES string of the molecule is COc1cccc(N)c1C1=CCN(CC(N)=O)CC1. The van der Waals surface area contributed by atoms with E-state index in [1.54, 1.807) is 7.11 Å². The van der Waals surface area contributed by atoms with Crippen LogP contribution < -0.4 is 16.2 Å². The second kappa shape index (κ2) is 5.75. The summed E-state index contributed by atoms with van der Waals surface area (Å²) >= 11 is 0. The summed E-state index contributed by atoms with van der Waals surface area (Å²) in [7, 11) is 1.64. The number of anilines is 1. The van der Waals surface area contributed by atoms with Crippen molar-refractivity contribution in [3.8, 4) is 5.75 Å². The Kier molecular flexibility index (Phi) is 4.06. The van der Waals surface area contributed by atoms with Crippen LogP contribution in [0.15, 0.2) is 24.3 Å². The van der Waals surface area contributed by atoms with Gasteiger partial charge in [0, 0.05) is 24.3 Å². The summed E-state index contributed by atoms with van der Waals surface area (Å²) in [5.41, 5.74) is 14.1. The molecule has 0 saturated carbocycles. The van der Waals surface area contributed by atoms with Crippen molar-refractivity contribution in [2.24, 2.45) is 5.73 Å². The van der Waals surface area contributed by atoms with Gasteiger partial charge in [-0.1, -0.05) is 12.1 Å². The van der Waals surface area contributed by atoms with E-state index in [1.807, 2.05) is 23.1 Å². The highest BCUT2D eigenvalue weighted by atomic mass is 16.5. The highest BCUT2D eigenvalue weighted by Gasteiger charge is 2.18. The number of hydrogen-bond donors (Lipinski definition) is 2. The molecule has 1 aliphatic heterocycles. The molecule has 1 aromatic rings. The number of amides is 1. The molecule has 0 bridgehead atoms. The van der Waals surface area contributed by atoms with Crippen LogP contribution in [0.5, 0.6) is 5.75 Å².